The van der Waals surface area contributed by atoms with Gasteiger partial charge in [0.1, 0.15) is 0 Å². The molecule has 1 saturated heterocycles. The van der Waals surface area contributed by atoms with E-state index < -0.39 is 6.10 Å². The van der Waals surface area contributed by atoms with Crippen LogP contribution in [0, 0.1) is 11.3 Å². The molecule has 1 unspecified atom stereocenters. The van der Waals surface area contributed by atoms with E-state index in [0.717, 1.165) is 19.4 Å². The van der Waals surface area contributed by atoms with Crippen molar-refractivity contribution in [2.45, 2.75) is 59.1 Å². The summed E-state index contributed by atoms with van der Waals surface area (Å²) in [5.74, 6) is 0.194. The first-order chi connectivity index (χ1) is 8.28. The number of carbonyl (C=O) groups excluding carboxylic acids is 1. The van der Waals surface area contributed by atoms with Crippen LogP contribution < -0.4 is 10.6 Å². The summed E-state index contributed by atoms with van der Waals surface area (Å²) in [6, 6.07) is 0.411. The maximum Gasteiger partial charge on any atom is 0.223 e. The van der Waals surface area contributed by atoms with Gasteiger partial charge in [0.25, 0.3) is 0 Å². The van der Waals surface area contributed by atoms with Gasteiger partial charge in [-0.2, -0.15) is 0 Å². The van der Waals surface area contributed by atoms with Gasteiger partial charge in [-0.25, -0.2) is 0 Å². The summed E-state index contributed by atoms with van der Waals surface area (Å²) in [5, 5.41) is 16.1. The third-order valence-corrected chi connectivity index (χ3v) is 3.35. The summed E-state index contributed by atoms with van der Waals surface area (Å²) >= 11 is 0. The Labute approximate surface area is 111 Å². The van der Waals surface area contributed by atoms with Crippen molar-refractivity contribution in [3.8, 4) is 0 Å². The predicted molar refractivity (Wildman–Crippen MR) is 73.3 cm³/mol. The lowest BCUT2D eigenvalue weighted by Crippen LogP contribution is -2.44. The smallest absolute Gasteiger partial charge is 0.223 e. The Balaban J connectivity index is 2.28. The van der Waals surface area contributed by atoms with Crippen molar-refractivity contribution >= 4 is 5.91 Å². The quantitative estimate of drug-likeness (QED) is 0.710. The number of aliphatic hydroxyl groups excluding tert-OH is 1. The van der Waals surface area contributed by atoms with Crippen molar-refractivity contribution in [3.05, 3.63) is 0 Å². The molecule has 0 aromatic rings. The Bertz CT molecular complexity index is 273. The van der Waals surface area contributed by atoms with Gasteiger partial charge in [-0.15, -0.1) is 0 Å². The maximum atomic E-state index is 12.0. The number of amides is 1. The van der Waals surface area contributed by atoms with Gasteiger partial charge in [0.2, 0.25) is 5.91 Å². The highest BCUT2D eigenvalue weighted by Gasteiger charge is 2.25. The molecule has 4 heteroatoms. The molecule has 3 N–H and O–H groups in total. The number of aliphatic hydroxyl groups is 1. The first kappa shape index (κ1) is 15.4. The SMILES string of the molecule is C[C@H]1C[C@@H](C(=O)NCC(O)CC(C)(C)C)CCN1. The van der Waals surface area contributed by atoms with Crippen molar-refractivity contribution < 1.29 is 9.90 Å². The van der Waals surface area contributed by atoms with Gasteiger partial charge in [-0.05, 0) is 38.1 Å². The van der Waals surface area contributed by atoms with Gasteiger partial charge in [0.15, 0.2) is 0 Å². The van der Waals surface area contributed by atoms with Gasteiger partial charge in [-0.1, -0.05) is 20.8 Å². The summed E-state index contributed by atoms with van der Waals surface area (Å²) in [7, 11) is 0. The van der Waals surface area contributed by atoms with E-state index in [0.29, 0.717) is 19.0 Å². The summed E-state index contributed by atoms with van der Waals surface area (Å²) in [6.45, 7) is 9.65. The molecule has 1 rings (SSSR count). The zero-order chi connectivity index (χ0) is 13.8. The number of piperidine rings is 1. The fraction of sp³-hybridized carbons (Fsp3) is 0.929. The summed E-state index contributed by atoms with van der Waals surface area (Å²) in [5.41, 5.74) is 0.0907. The summed E-state index contributed by atoms with van der Waals surface area (Å²) < 4.78 is 0. The Hall–Kier alpha value is -0.610. The second-order valence-electron chi connectivity index (χ2n) is 6.74. The van der Waals surface area contributed by atoms with E-state index in [2.05, 4.69) is 38.3 Å². The van der Waals surface area contributed by atoms with Gasteiger partial charge < -0.3 is 15.7 Å². The van der Waals surface area contributed by atoms with E-state index in [1.165, 1.54) is 0 Å². The molecule has 1 aliphatic rings. The molecule has 1 amide bonds. The van der Waals surface area contributed by atoms with E-state index >= 15 is 0 Å². The van der Waals surface area contributed by atoms with Gasteiger partial charge in [-0.3, -0.25) is 4.79 Å². The van der Waals surface area contributed by atoms with Crippen LogP contribution >= 0.6 is 0 Å². The van der Waals surface area contributed by atoms with Crippen molar-refractivity contribution in [2.24, 2.45) is 11.3 Å². The molecule has 0 aromatic carbocycles. The van der Waals surface area contributed by atoms with Crippen molar-refractivity contribution in [3.63, 3.8) is 0 Å². The number of carbonyl (C=O) groups is 1. The largest absolute Gasteiger partial charge is 0.391 e. The van der Waals surface area contributed by atoms with E-state index in [9.17, 15) is 9.90 Å². The van der Waals surface area contributed by atoms with Crippen LogP contribution in [-0.2, 0) is 4.79 Å². The minimum absolute atomic E-state index is 0.0907. The lowest BCUT2D eigenvalue weighted by Gasteiger charge is -2.28. The van der Waals surface area contributed by atoms with E-state index in [1.807, 2.05) is 0 Å². The van der Waals surface area contributed by atoms with Crippen LogP contribution in [-0.4, -0.2) is 36.2 Å². The topological polar surface area (TPSA) is 61.4 Å². The summed E-state index contributed by atoms with van der Waals surface area (Å²) in [4.78, 5) is 12.0. The third kappa shape index (κ3) is 5.83. The molecule has 1 aliphatic heterocycles. The normalized spacial score (nSPS) is 26.7. The molecule has 0 saturated carbocycles. The van der Waals surface area contributed by atoms with Crippen molar-refractivity contribution in [2.75, 3.05) is 13.1 Å². The van der Waals surface area contributed by atoms with Crippen molar-refractivity contribution in [1.82, 2.24) is 10.6 Å². The van der Waals surface area contributed by atoms with Crippen LogP contribution in [0.4, 0.5) is 0 Å². The van der Waals surface area contributed by atoms with Crippen LogP contribution in [0.2, 0.25) is 0 Å². The van der Waals surface area contributed by atoms with Crippen LogP contribution in [0.3, 0.4) is 0 Å². The average molecular weight is 256 g/mol. The first-order valence-corrected chi connectivity index (χ1v) is 6.97. The highest BCUT2D eigenvalue weighted by Crippen LogP contribution is 2.20. The Kier molecular flexibility index (Phi) is 5.60. The zero-order valence-electron chi connectivity index (χ0n) is 12.1. The second kappa shape index (κ2) is 6.53. The highest BCUT2D eigenvalue weighted by atomic mass is 16.3. The van der Waals surface area contributed by atoms with Crippen LogP contribution in [0.5, 0.6) is 0 Å². The maximum absolute atomic E-state index is 12.0. The monoisotopic (exact) mass is 256 g/mol. The fourth-order valence-corrected chi connectivity index (χ4v) is 2.51. The van der Waals surface area contributed by atoms with Gasteiger partial charge in [0.05, 0.1) is 6.10 Å². The fourth-order valence-electron chi connectivity index (χ4n) is 2.51. The molecule has 0 bridgehead atoms. The van der Waals surface area contributed by atoms with Crippen LogP contribution in [0.25, 0.3) is 0 Å². The molecule has 0 aliphatic carbocycles. The molecule has 1 heterocycles. The molecule has 18 heavy (non-hydrogen) atoms. The van der Waals surface area contributed by atoms with Crippen LogP contribution in [0.1, 0.15) is 47.0 Å². The van der Waals surface area contributed by atoms with Crippen LogP contribution in [0.15, 0.2) is 0 Å². The Morgan fingerprint density at radius 1 is 1.50 bits per heavy atom. The molecule has 4 nitrogen and oxygen atoms in total. The highest BCUT2D eigenvalue weighted by molar-refractivity contribution is 5.78. The number of hydrogen-bond donors (Lipinski definition) is 3. The van der Waals surface area contributed by atoms with Gasteiger partial charge in [0, 0.05) is 18.5 Å². The molecule has 1 fully saturated rings. The van der Waals surface area contributed by atoms with E-state index in [4.69, 9.17) is 0 Å². The minimum Gasteiger partial charge on any atom is -0.391 e. The number of nitrogens with one attached hydrogen (secondary N) is 2. The lowest BCUT2D eigenvalue weighted by atomic mass is 9.89. The Morgan fingerprint density at radius 2 is 2.17 bits per heavy atom. The number of hydrogen-bond acceptors (Lipinski definition) is 3. The molecule has 0 aromatic heterocycles. The third-order valence-electron chi connectivity index (χ3n) is 3.35. The second-order valence-corrected chi connectivity index (χ2v) is 6.74. The Morgan fingerprint density at radius 3 is 2.72 bits per heavy atom. The van der Waals surface area contributed by atoms with E-state index in [1.54, 1.807) is 0 Å². The molecule has 0 spiro atoms. The average Bonchev–Trinajstić information content (AvgIpc) is 2.23. The van der Waals surface area contributed by atoms with E-state index in [-0.39, 0.29) is 17.2 Å². The first-order valence-electron chi connectivity index (χ1n) is 6.97. The van der Waals surface area contributed by atoms with Crippen molar-refractivity contribution in [1.29, 1.82) is 0 Å². The number of rotatable bonds is 4. The molecule has 0 radical (unpaired) electrons. The molecule has 3 atom stereocenters. The predicted octanol–water partition coefficient (Wildman–Crippen LogP) is 1.29. The molecular formula is C14H28N2O2. The molecule has 106 valence electrons. The minimum atomic E-state index is -0.451. The van der Waals surface area contributed by atoms with Gasteiger partial charge >= 0.3 is 0 Å². The molecular weight excluding hydrogens is 228 g/mol. The summed E-state index contributed by atoms with van der Waals surface area (Å²) in [6.07, 6.45) is 2.04. The standard InChI is InChI=1S/C14H28N2O2/c1-10-7-11(5-6-15-10)13(18)16-9-12(17)8-14(2,3)4/h10-12,15,17H,5-9H2,1-4H3,(H,16,18)/t10-,11-,12?/m0/s1. The lowest BCUT2D eigenvalue weighted by molar-refractivity contribution is -0.126. The zero-order valence-corrected chi connectivity index (χ0v) is 12.1.